The minimum atomic E-state index is -0.890. The van der Waals surface area contributed by atoms with Gasteiger partial charge in [0.05, 0.1) is 56.9 Å². The molecule has 0 bridgehead atoms. The van der Waals surface area contributed by atoms with E-state index in [1.165, 1.54) is 51.3 Å². The summed E-state index contributed by atoms with van der Waals surface area (Å²) in [6.07, 6.45) is 1.70. The van der Waals surface area contributed by atoms with Crippen LogP contribution in [0, 0.1) is 5.92 Å². The molecule has 0 amide bonds. The van der Waals surface area contributed by atoms with Gasteiger partial charge in [-0.3, -0.25) is 14.2 Å². The van der Waals surface area contributed by atoms with E-state index < -0.39 is 18.0 Å². The molecule has 0 saturated heterocycles. The second-order valence-corrected chi connectivity index (χ2v) is 11.0. The number of rotatable bonds is 10. The first-order valence-corrected chi connectivity index (χ1v) is 14.2. The van der Waals surface area contributed by atoms with Crippen LogP contribution in [0.5, 0.6) is 28.7 Å². The van der Waals surface area contributed by atoms with Crippen LogP contribution in [0.15, 0.2) is 51.4 Å². The Balaban J connectivity index is 1.94. The van der Waals surface area contributed by atoms with Crippen LogP contribution >= 0.6 is 11.3 Å². The maximum absolute atomic E-state index is 14.1. The van der Waals surface area contributed by atoms with Crippen LogP contribution in [-0.2, 0) is 14.3 Å². The molecule has 1 aliphatic rings. The van der Waals surface area contributed by atoms with Gasteiger partial charge in [0.2, 0.25) is 5.75 Å². The van der Waals surface area contributed by atoms with Crippen LogP contribution in [0.1, 0.15) is 44.9 Å². The van der Waals surface area contributed by atoms with Gasteiger partial charge >= 0.3 is 11.9 Å². The summed E-state index contributed by atoms with van der Waals surface area (Å²) >= 11 is 1.18. The number of thiazole rings is 1. The predicted molar refractivity (Wildman–Crippen MR) is 160 cm³/mol. The summed E-state index contributed by atoms with van der Waals surface area (Å²) < 4.78 is 34.6. The van der Waals surface area contributed by atoms with Crippen molar-refractivity contribution in [3.05, 3.63) is 72.4 Å². The Hall–Kier alpha value is -4.58. The van der Waals surface area contributed by atoms with E-state index in [9.17, 15) is 14.4 Å². The number of hydrogen-bond acceptors (Lipinski definition) is 11. The van der Waals surface area contributed by atoms with Crippen LogP contribution in [0.3, 0.4) is 0 Å². The molecule has 12 heteroatoms. The Morgan fingerprint density at radius 2 is 1.63 bits per heavy atom. The van der Waals surface area contributed by atoms with E-state index in [0.717, 1.165) is 0 Å². The molecular weight excluding hydrogens is 576 g/mol. The molecule has 0 fully saturated rings. The summed E-state index contributed by atoms with van der Waals surface area (Å²) in [4.78, 5) is 44.2. The first-order valence-electron chi connectivity index (χ1n) is 13.4. The zero-order valence-corrected chi connectivity index (χ0v) is 26.1. The molecule has 0 unspecified atom stereocenters. The summed E-state index contributed by atoms with van der Waals surface area (Å²) in [5, 5.41) is 0. The van der Waals surface area contributed by atoms with Crippen LogP contribution in [0.2, 0.25) is 0 Å². The van der Waals surface area contributed by atoms with Crippen LogP contribution in [-0.4, -0.2) is 51.6 Å². The van der Waals surface area contributed by atoms with Crippen molar-refractivity contribution in [1.82, 2.24) is 4.57 Å². The molecule has 0 spiro atoms. The highest BCUT2D eigenvalue weighted by Crippen LogP contribution is 2.39. The lowest BCUT2D eigenvalue weighted by atomic mass is 9.95. The highest BCUT2D eigenvalue weighted by atomic mass is 32.1. The number of carbonyl (C=O) groups excluding carboxylic acids is 2. The standard InChI is InChI=1S/C31H34N2O9S/c1-16(2)15-41-30(36)26-17(3)32-31-33(27(26)20-9-10-21(42-18(4)34)22(14-20)37-5)29(35)25(43-31)13-19-11-23(38-6)28(40-8)24(12-19)39-7/h9-14,16,27H,15H2,1-8H3/b25-13+/t27-/m0/s1. The van der Waals surface area contributed by atoms with Gasteiger partial charge in [0.15, 0.2) is 27.8 Å². The Kier molecular flexibility index (Phi) is 9.59. The maximum Gasteiger partial charge on any atom is 0.338 e. The van der Waals surface area contributed by atoms with Gasteiger partial charge in [0.1, 0.15) is 0 Å². The normalized spacial score (nSPS) is 14.6. The van der Waals surface area contributed by atoms with Gasteiger partial charge in [0.25, 0.3) is 5.56 Å². The third-order valence-corrected chi connectivity index (χ3v) is 7.51. The number of methoxy groups -OCH3 is 4. The summed E-state index contributed by atoms with van der Waals surface area (Å²) in [7, 11) is 5.98. The van der Waals surface area contributed by atoms with Gasteiger partial charge in [-0.15, -0.1) is 0 Å². The van der Waals surface area contributed by atoms with Crippen molar-refractivity contribution in [2.24, 2.45) is 10.9 Å². The van der Waals surface area contributed by atoms with E-state index in [4.69, 9.17) is 28.4 Å². The maximum atomic E-state index is 14.1. The molecule has 0 N–H and O–H groups in total. The Bertz CT molecular complexity index is 1740. The van der Waals surface area contributed by atoms with Crippen molar-refractivity contribution in [1.29, 1.82) is 0 Å². The number of nitrogens with zero attached hydrogens (tertiary/aromatic N) is 2. The fourth-order valence-electron chi connectivity index (χ4n) is 4.65. The van der Waals surface area contributed by atoms with Gasteiger partial charge < -0.3 is 28.4 Å². The fourth-order valence-corrected chi connectivity index (χ4v) is 5.69. The summed E-state index contributed by atoms with van der Waals surface area (Å²) in [5.41, 5.74) is 1.44. The smallest absolute Gasteiger partial charge is 0.338 e. The first-order chi connectivity index (χ1) is 20.5. The van der Waals surface area contributed by atoms with Crippen molar-refractivity contribution in [2.45, 2.75) is 33.7 Å². The zero-order chi connectivity index (χ0) is 31.4. The van der Waals surface area contributed by atoms with E-state index in [0.29, 0.717) is 43.4 Å². The summed E-state index contributed by atoms with van der Waals surface area (Å²) in [6, 6.07) is 7.45. The molecular formula is C31H34N2O9S. The van der Waals surface area contributed by atoms with Gasteiger partial charge in [0, 0.05) is 6.92 Å². The molecule has 43 heavy (non-hydrogen) atoms. The molecule has 228 valence electrons. The second kappa shape index (κ2) is 13.2. The summed E-state index contributed by atoms with van der Waals surface area (Å²) in [6.45, 7) is 7.06. The van der Waals surface area contributed by atoms with Crippen LogP contribution in [0.25, 0.3) is 6.08 Å². The highest BCUT2D eigenvalue weighted by Gasteiger charge is 2.34. The fraction of sp³-hybridized carbons (Fsp3) is 0.355. The number of hydrogen-bond donors (Lipinski definition) is 0. The number of allylic oxidation sites excluding steroid dienone is 1. The third-order valence-electron chi connectivity index (χ3n) is 6.53. The van der Waals surface area contributed by atoms with Crippen molar-refractivity contribution in [2.75, 3.05) is 35.0 Å². The molecule has 2 aromatic carbocycles. The average molecular weight is 611 g/mol. The first kappa shape index (κ1) is 31.4. The number of ether oxygens (including phenoxy) is 6. The van der Waals surface area contributed by atoms with Gasteiger partial charge in [-0.25, -0.2) is 9.79 Å². The van der Waals surface area contributed by atoms with Crippen molar-refractivity contribution < 1.29 is 38.0 Å². The average Bonchev–Trinajstić information content (AvgIpc) is 3.28. The minimum absolute atomic E-state index is 0.103. The molecule has 11 nitrogen and oxygen atoms in total. The van der Waals surface area contributed by atoms with E-state index in [1.54, 1.807) is 43.3 Å². The Morgan fingerprint density at radius 3 is 2.19 bits per heavy atom. The lowest BCUT2D eigenvalue weighted by Gasteiger charge is -2.25. The second-order valence-electron chi connectivity index (χ2n) is 10.0. The molecule has 1 aromatic heterocycles. The van der Waals surface area contributed by atoms with E-state index in [1.807, 2.05) is 13.8 Å². The molecule has 4 rings (SSSR count). The van der Waals surface area contributed by atoms with Crippen molar-refractivity contribution >= 4 is 29.4 Å². The van der Waals surface area contributed by atoms with Crippen LogP contribution < -0.4 is 38.6 Å². The number of benzene rings is 2. The highest BCUT2D eigenvalue weighted by molar-refractivity contribution is 7.07. The zero-order valence-electron chi connectivity index (χ0n) is 25.3. The lowest BCUT2D eigenvalue weighted by Crippen LogP contribution is -2.40. The Morgan fingerprint density at radius 1 is 0.977 bits per heavy atom. The molecule has 0 radical (unpaired) electrons. The van der Waals surface area contributed by atoms with E-state index in [2.05, 4.69) is 4.99 Å². The molecule has 2 heterocycles. The predicted octanol–water partition coefficient (Wildman–Crippen LogP) is 3.39. The summed E-state index contributed by atoms with van der Waals surface area (Å²) in [5.74, 6) is 0.770. The van der Waals surface area contributed by atoms with Gasteiger partial charge in [-0.1, -0.05) is 31.3 Å². The number of fused-ring (bicyclic) bond motifs is 1. The Labute approximate surface area is 252 Å². The van der Waals surface area contributed by atoms with Gasteiger partial charge in [-0.05, 0) is 54.3 Å². The quantitative estimate of drug-likeness (QED) is 0.251. The molecule has 3 aromatic rings. The van der Waals surface area contributed by atoms with Crippen LogP contribution in [0.4, 0.5) is 0 Å². The largest absolute Gasteiger partial charge is 0.493 e. The third kappa shape index (κ3) is 6.43. The molecule has 0 aliphatic carbocycles. The van der Waals surface area contributed by atoms with Gasteiger partial charge in [-0.2, -0.15) is 0 Å². The monoisotopic (exact) mass is 610 g/mol. The lowest BCUT2D eigenvalue weighted by molar-refractivity contribution is -0.140. The molecule has 1 atom stereocenters. The number of esters is 2. The number of carbonyl (C=O) groups is 2. The van der Waals surface area contributed by atoms with E-state index in [-0.39, 0.29) is 35.2 Å². The molecule has 0 saturated carbocycles. The topological polar surface area (TPSA) is 124 Å². The molecule has 1 aliphatic heterocycles. The SMILES string of the molecule is COc1cc([C@H]2C(C(=O)OCC(C)C)=C(C)N=c3s/c(=C/c4cc(OC)c(OC)c(OC)c4)c(=O)n32)ccc1OC(C)=O. The minimum Gasteiger partial charge on any atom is -0.493 e. The van der Waals surface area contributed by atoms with Crippen molar-refractivity contribution in [3.63, 3.8) is 0 Å². The van der Waals surface area contributed by atoms with E-state index >= 15 is 0 Å². The number of aromatic nitrogens is 1. The van der Waals surface area contributed by atoms with Crippen molar-refractivity contribution in [3.8, 4) is 28.7 Å².